The van der Waals surface area contributed by atoms with Gasteiger partial charge in [0.15, 0.2) is 5.76 Å². The summed E-state index contributed by atoms with van der Waals surface area (Å²) in [5.41, 5.74) is 2.38. The standard InChI is InChI=1S/C17H21ClO2/c1-2-3-4-5-6-7-12-10-13-11-14(18)8-9-15(13)17(20)16(12)19/h8-9,11,19H,2-7,10H2,1H3. The molecule has 0 heterocycles. The number of carbonyl (C=O) groups excluding carboxylic acids is 1. The molecule has 1 aromatic rings. The first-order valence-corrected chi connectivity index (χ1v) is 7.75. The molecule has 1 N–H and O–H groups in total. The summed E-state index contributed by atoms with van der Waals surface area (Å²) in [6.07, 6.45) is 7.32. The number of benzene rings is 1. The molecule has 2 rings (SSSR count). The van der Waals surface area contributed by atoms with Crippen LogP contribution in [0, 0.1) is 0 Å². The van der Waals surface area contributed by atoms with Crippen LogP contribution in [0.4, 0.5) is 0 Å². The van der Waals surface area contributed by atoms with Crippen LogP contribution in [0.3, 0.4) is 0 Å². The van der Waals surface area contributed by atoms with E-state index in [0.717, 1.165) is 30.4 Å². The van der Waals surface area contributed by atoms with Crippen LogP contribution in [0.5, 0.6) is 0 Å². The highest BCUT2D eigenvalue weighted by Gasteiger charge is 2.25. The maximum Gasteiger partial charge on any atom is 0.227 e. The molecule has 0 radical (unpaired) electrons. The third kappa shape index (κ3) is 3.43. The average molecular weight is 293 g/mol. The first kappa shape index (κ1) is 15.1. The van der Waals surface area contributed by atoms with Gasteiger partial charge in [-0.05, 0) is 48.6 Å². The fraction of sp³-hybridized carbons (Fsp3) is 0.471. The van der Waals surface area contributed by atoms with Crippen molar-refractivity contribution in [3.63, 3.8) is 0 Å². The summed E-state index contributed by atoms with van der Waals surface area (Å²) in [6, 6.07) is 5.23. The van der Waals surface area contributed by atoms with Gasteiger partial charge in [0, 0.05) is 10.6 Å². The second-order valence-electron chi connectivity index (χ2n) is 5.42. The van der Waals surface area contributed by atoms with Crippen LogP contribution >= 0.6 is 11.6 Å². The molecule has 0 amide bonds. The van der Waals surface area contributed by atoms with Crippen LogP contribution in [-0.4, -0.2) is 10.9 Å². The molecule has 0 spiro atoms. The van der Waals surface area contributed by atoms with E-state index in [1.54, 1.807) is 12.1 Å². The van der Waals surface area contributed by atoms with Crippen LogP contribution < -0.4 is 0 Å². The van der Waals surface area contributed by atoms with Crippen LogP contribution in [-0.2, 0) is 6.42 Å². The van der Waals surface area contributed by atoms with Gasteiger partial charge in [0.1, 0.15) is 0 Å². The predicted octanol–water partition coefficient (Wildman–Crippen LogP) is 5.25. The van der Waals surface area contributed by atoms with E-state index in [0.29, 0.717) is 17.0 Å². The van der Waals surface area contributed by atoms with E-state index in [1.165, 1.54) is 19.3 Å². The third-order valence-corrected chi connectivity index (χ3v) is 4.08. The number of fused-ring (bicyclic) bond motifs is 1. The fourth-order valence-electron chi connectivity index (χ4n) is 2.68. The van der Waals surface area contributed by atoms with Gasteiger partial charge in [0.05, 0.1) is 0 Å². The van der Waals surface area contributed by atoms with Crippen LogP contribution in [0.25, 0.3) is 0 Å². The Morgan fingerprint density at radius 3 is 2.70 bits per heavy atom. The summed E-state index contributed by atoms with van der Waals surface area (Å²) in [6.45, 7) is 2.19. The number of aliphatic hydroxyl groups is 1. The van der Waals surface area contributed by atoms with Crippen molar-refractivity contribution in [3.8, 4) is 0 Å². The van der Waals surface area contributed by atoms with Gasteiger partial charge in [0.2, 0.25) is 5.78 Å². The van der Waals surface area contributed by atoms with Gasteiger partial charge in [-0.15, -0.1) is 0 Å². The number of hydrogen-bond donors (Lipinski definition) is 1. The Morgan fingerprint density at radius 2 is 1.95 bits per heavy atom. The molecule has 2 nitrogen and oxygen atoms in total. The van der Waals surface area contributed by atoms with Gasteiger partial charge < -0.3 is 5.11 Å². The number of Topliss-reactive ketones (excluding diaryl/α,β-unsaturated/α-hetero) is 1. The Balaban J connectivity index is 2.03. The second-order valence-corrected chi connectivity index (χ2v) is 5.86. The van der Waals surface area contributed by atoms with E-state index < -0.39 is 0 Å². The lowest BCUT2D eigenvalue weighted by Gasteiger charge is -2.19. The zero-order valence-electron chi connectivity index (χ0n) is 11.9. The lowest BCUT2D eigenvalue weighted by Crippen LogP contribution is -2.16. The molecule has 0 fully saturated rings. The molecule has 1 aromatic carbocycles. The minimum absolute atomic E-state index is 0.0460. The van der Waals surface area contributed by atoms with E-state index in [4.69, 9.17) is 11.6 Å². The van der Waals surface area contributed by atoms with Crippen molar-refractivity contribution < 1.29 is 9.90 Å². The van der Waals surface area contributed by atoms with Crippen LogP contribution in [0.2, 0.25) is 5.02 Å². The second kappa shape index (κ2) is 6.94. The maximum absolute atomic E-state index is 12.1. The molecule has 0 bridgehead atoms. The fourth-order valence-corrected chi connectivity index (χ4v) is 2.88. The molecule has 0 saturated carbocycles. The molecule has 1 aliphatic carbocycles. The Kier molecular flexibility index (Phi) is 5.24. The smallest absolute Gasteiger partial charge is 0.227 e. The summed E-state index contributed by atoms with van der Waals surface area (Å²) in [5, 5.41) is 10.7. The highest BCUT2D eigenvalue weighted by Crippen LogP contribution is 2.29. The molecule has 1 aliphatic rings. The minimum Gasteiger partial charge on any atom is -0.504 e. The van der Waals surface area contributed by atoms with Crippen molar-refractivity contribution in [1.29, 1.82) is 0 Å². The summed E-state index contributed by atoms with van der Waals surface area (Å²) < 4.78 is 0. The van der Waals surface area contributed by atoms with E-state index in [1.807, 2.05) is 6.07 Å². The number of hydrogen-bond acceptors (Lipinski definition) is 2. The van der Waals surface area contributed by atoms with Crippen LogP contribution in [0.15, 0.2) is 29.5 Å². The van der Waals surface area contributed by atoms with Gasteiger partial charge in [-0.1, -0.05) is 44.2 Å². The molecule has 0 unspecified atom stereocenters. The third-order valence-electron chi connectivity index (χ3n) is 3.85. The molecule has 3 heteroatoms. The number of carbonyl (C=O) groups is 1. The summed E-state index contributed by atoms with van der Waals surface area (Å²) in [5.74, 6) is -0.304. The van der Waals surface area contributed by atoms with Gasteiger partial charge >= 0.3 is 0 Å². The number of unbranched alkanes of at least 4 members (excludes halogenated alkanes) is 4. The SMILES string of the molecule is CCCCCCCC1=C(O)C(=O)c2ccc(Cl)cc2C1. The quantitative estimate of drug-likeness (QED) is 0.727. The molecular formula is C17H21ClO2. The zero-order valence-corrected chi connectivity index (χ0v) is 12.7. The highest BCUT2D eigenvalue weighted by molar-refractivity contribution is 6.30. The van der Waals surface area contributed by atoms with Gasteiger partial charge in [-0.25, -0.2) is 0 Å². The first-order chi connectivity index (χ1) is 9.63. The lowest BCUT2D eigenvalue weighted by atomic mass is 9.87. The molecule has 0 saturated heterocycles. The number of ketones is 1. The van der Waals surface area contributed by atoms with Crippen molar-refractivity contribution in [2.45, 2.75) is 51.9 Å². The van der Waals surface area contributed by atoms with Crippen molar-refractivity contribution in [2.24, 2.45) is 0 Å². The number of rotatable bonds is 6. The largest absolute Gasteiger partial charge is 0.504 e. The Labute approximate surface area is 125 Å². The Morgan fingerprint density at radius 1 is 1.20 bits per heavy atom. The van der Waals surface area contributed by atoms with E-state index in [2.05, 4.69) is 6.92 Å². The van der Waals surface area contributed by atoms with E-state index in [9.17, 15) is 9.90 Å². The molecule has 0 aliphatic heterocycles. The highest BCUT2D eigenvalue weighted by atomic mass is 35.5. The van der Waals surface area contributed by atoms with Crippen LogP contribution in [0.1, 0.15) is 61.4 Å². The maximum atomic E-state index is 12.1. The number of halogens is 1. The van der Waals surface area contributed by atoms with Crippen molar-refractivity contribution >= 4 is 17.4 Å². The summed E-state index contributed by atoms with van der Waals surface area (Å²) >= 11 is 5.98. The monoisotopic (exact) mass is 292 g/mol. The van der Waals surface area contributed by atoms with Gasteiger partial charge in [0.25, 0.3) is 0 Å². The molecule has 108 valence electrons. The van der Waals surface area contributed by atoms with Gasteiger partial charge in [-0.2, -0.15) is 0 Å². The normalized spacial score (nSPS) is 14.6. The Bertz CT molecular complexity index is 532. The Hall–Kier alpha value is -1.28. The minimum atomic E-state index is -0.258. The molecule has 0 aromatic heterocycles. The van der Waals surface area contributed by atoms with E-state index >= 15 is 0 Å². The lowest BCUT2D eigenvalue weighted by molar-refractivity contribution is 0.0969. The zero-order chi connectivity index (χ0) is 14.5. The average Bonchev–Trinajstić information content (AvgIpc) is 2.43. The van der Waals surface area contributed by atoms with Crippen molar-refractivity contribution in [1.82, 2.24) is 0 Å². The van der Waals surface area contributed by atoms with Crippen molar-refractivity contribution in [3.05, 3.63) is 45.7 Å². The van der Waals surface area contributed by atoms with Gasteiger partial charge in [-0.3, -0.25) is 4.79 Å². The number of aliphatic hydroxyl groups excluding tert-OH is 1. The number of allylic oxidation sites excluding steroid dienone is 2. The molecule has 0 atom stereocenters. The first-order valence-electron chi connectivity index (χ1n) is 7.37. The topological polar surface area (TPSA) is 37.3 Å². The summed E-state index contributed by atoms with van der Waals surface area (Å²) in [4.78, 5) is 12.1. The molecular weight excluding hydrogens is 272 g/mol. The van der Waals surface area contributed by atoms with Crippen molar-refractivity contribution in [2.75, 3.05) is 0 Å². The predicted molar refractivity (Wildman–Crippen MR) is 82.5 cm³/mol. The van der Waals surface area contributed by atoms with E-state index in [-0.39, 0.29) is 11.5 Å². The summed E-state index contributed by atoms with van der Waals surface area (Å²) in [7, 11) is 0. The molecule has 20 heavy (non-hydrogen) atoms.